The van der Waals surface area contributed by atoms with Crippen LogP contribution in [0.1, 0.15) is 22.3 Å². The Labute approximate surface area is 108 Å². The fourth-order valence-electron chi connectivity index (χ4n) is 1.86. The van der Waals surface area contributed by atoms with Crippen molar-refractivity contribution >= 4 is 0 Å². The summed E-state index contributed by atoms with van der Waals surface area (Å²) in [7, 11) is 0. The third-order valence-electron chi connectivity index (χ3n) is 3.18. The first-order chi connectivity index (χ1) is 8.63. The van der Waals surface area contributed by atoms with Gasteiger partial charge in [-0.05, 0) is 43.5 Å². The Kier molecular flexibility index (Phi) is 3.63. The van der Waals surface area contributed by atoms with Crippen LogP contribution < -0.4 is 10.5 Å². The van der Waals surface area contributed by atoms with E-state index in [9.17, 15) is 0 Å². The van der Waals surface area contributed by atoms with E-state index >= 15 is 0 Å². The van der Waals surface area contributed by atoms with Crippen LogP contribution in [-0.4, -0.2) is 4.98 Å². The minimum Gasteiger partial charge on any atom is -0.455 e. The molecule has 0 fully saturated rings. The lowest BCUT2D eigenvalue weighted by molar-refractivity contribution is 0.466. The molecular formula is C15H18N2O. The molecular weight excluding hydrogens is 224 g/mol. The van der Waals surface area contributed by atoms with E-state index < -0.39 is 0 Å². The van der Waals surface area contributed by atoms with E-state index in [0.29, 0.717) is 6.54 Å². The zero-order chi connectivity index (χ0) is 13.1. The standard InChI is InChI=1S/C15H18N2O/c1-10-4-5-11(2)15(12(10)3)18-14-9-17-7-6-13(14)8-16/h4-7,9H,8,16H2,1-3H3. The Balaban J connectivity index is 2.43. The first-order valence-electron chi connectivity index (χ1n) is 6.01. The van der Waals surface area contributed by atoms with Gasteiger partial charge in [0.2, 0.25) is 0 Å². The molecule has 0 saturated heterocycles. The summed E-state index contributed by atoms with van der Waals surface area (Å²) in [5, 5.41) is 0. The molecule has 0 spiro atoms. The van der Waals surface area contributed by atoms with E-state index in [2.05, 4.69) is 31.0 Å². The van der Waals surface area contributed by atoms with E-state index in [4.69, 9.17) is 10.5 Å². The van der Waals surface area contributed by atoms with Crippen molar-refractivity contribution in [2.45, 2.75) is 27.3 Å². The van der Waals surface area contributed by atoms with Gasteiger partial charge in [-0.1, -0.05) is 12.1 Å². The molecule has 0 aliphatic rings. The highest BCUT2D eigenvalue weighted by Gasteiger charge is 2.10. The lowest BCUT2D eigenvalue weighted by atomic mass is 10.1. The van der Waals surface area contributed by atoms with Crippen LogP contribution in [0.4, 0.5) is 0 Å². The summed E-state index contributed by atoms with van der Waals surface area (Å²) in [4.78, 5) is 4.09. The molecule has 3 heteroatoms. The maximum atomic E-state index is 6.00. The molecule has 1 aromatic heterocycles. The van der Waals surface area contributed by atoms with Gasteiger partial charge in [-0.3, -0.25) is 4.98 Å². The van der Waals surface area contributed by atoms with Gasteiger partial charge in [-0.2, -0.15) is 0 Å². The van der Waals surface area contributed by atoms with Gasteiger partial charge in [0.15, 0.2) is 0 Å². The summed E-state index contributed by atoms with van der Waals surface area (Å²) in [6, 6.07) is 6.05. The highest BCUT2D eigenvalue weighted by Crippen LogP contribution is 2.31. The SMILES string of the molecule is Cc1ccc(C)c(Oc2cnccc2CN)c1C. The molecule has 0 amide bonds. The second-order valence-electron chi connectivity index (χ2n) is 4.44. The van der Waals surface area contributed by atoms with Crippen molar-refractivity contribution in [2.24, 2.45) is 5.73 Å². The van der Waals surface area contributed by atoms with Crippen LogP contribution in [0, 0.1) is 20.8 Å². The lowest BCUT2D eigenvalue weighted by Gasteiger charge is -2.15. The number of rotatable bonds is 3. The molecule has 0 aliphatic heterocycles. The predicted molar refractivity (Wildman–Crippen MR) is 72.9 cm³/mol. The van der Waals surface area contributed by atoms with Crippen LogP contribution in [0.15, 0.2) is 30.6 Å². The van der Waals surface area contributed by atoms with Crippen LogP contribution in [-0.2, 0) is 6.54 Å². The Hall–Kier alpha value is -1.87. The van der Waals surface area contributed by atoms with Gasteiger partial charge in [0.1, 0.15) is 11.5 Å². The van der Waals surface area contributed by atoms with Gasteiger partial charge in [0.05, 0.1) is 6.20 Å². The molecule has 0 bridgehead atoms. The van der Waals surface area contributed by atoms with Crippen LogP contribution in [0.5, 0.6) is 11.5 Å². The molecule has 0 atom stereocenters. The summed E-state index contributed by atoms with van der Waals surface area (Å²) in [5.74, 6) is 1.63. The molecule has 0 unspecified atom stereocenters. The molecule has 0 radical (unpaired) electrons. The molecule has 0 aliphatic carbocycles. The van der Waals surface area contributed by atoms with Crippen LogP contribution in [0.25, 0.3) is 0 Å². The second kappa shape index (κ2) is 5.19. The van der Waals surface area contributed by atoms with Crippen LogP contribution in [0.3, 0.4) is 0 Å². The molecule has 94 valence electrons. The maximum Gasteiger partial charge on any atom is 0.150 e. The first-order valence-corrected chi connectivity index (χ1v) is 6.01. The predicted octanol–water partition coefficient (Wildman–Crippen LogP) is 3.26. The van der Waals surface area contributed by atoms with Gasteiger partial charge in [0, 0.05) is 18.3 Å². The monoisotopic (exact) mass is 242 g/mol. The minimum atomic E-state index is 0.446. The molecule has 2 N–H and O–H groups in total. The van der Waals surface area contributed by atoms with E-state index in [1.54, 1.807) is 12.4 Å². The Bertz CT molecular complexity index is 564. The summed E-state index contributed by atoms with van der Waals surface area (Å²) in [5.41, 5.74) is 10.2. The van der Waals surface area contributed by atoms with Crippen molar-refractivity contribution in [2.75, 3.05) is 0 Å². The minimum absolute atomic E-state index is 0.446. The van der Waals surface area contributed by atoms with E-state index in [1.807, 2.05) is 13.0 Å². The number of nitrogens with zero attached hydrogens (tertiary/aromatic N) is 1. The number of benzene rings is 1. The Morgan fingerprint density at radius 3 is 2.56 bits per heavy atom. The van der Waals surface area contributed by atoms with Crippen molar-refractivity contribution in [3.8, 4) is 11.5 Å². The van der Waals surface area contributed by atoms with E-state index in [0.717, 1.165) is 28.2 Å². The van der Waals surface area contributed by atoms with Gasteiger partial charge in [-0.25, -0.2) is 0 Å². The van der Waals surface area contributed by atoms with Gasteiger partial charge in [-0.15, -0.1) is 0 Å². The van der Waals surface area contributed by atoms with Gasteiger partial charge < -0.3 is 10.5 Å². The first kappa shape index (κ1) is 12.6. The third-order valence-corrected chi connectivity index (χ3v) is 3.18. The molecule has 1 aromatic carbocycles. The van der Waals surface area contributed by atoms with Gasteiger partial charge >= 0.3 is 0 Å². The summed E-state index contributed by atoms with van der Waals surface area (Å²) >= 11 is 0. The maximum absolute atomic E-state index is 6.00. The Morgan fingerprint density at radius 1 is 1.11 bits per heavy atom. The van der Waals surface area contributed by atoms with Crippen molar-refractivity contribution < 1.29 is 4.74 Å². The largest absolute Gasteiger partial charge is 0.455 e. The van der Waals surface area contributed by atoms with Crippen LogP contribution >= 0.6 is 0 Å². The number of nitrogens with two attached hydrogens (primary N) is 1. The molecule has 2 aromatic rings. The fraction of sp³-hybridized carbons (Fsp3) is 0.267. The zero-order valence-corrected chi connectivity index (χ0v) is 11.0. The number of hydrogen-bond acceptors (Lipinski definition) is 3. The average Bonchev–Trinajstić information content (AvgIpc) is 2.39. The van der Waals surface area contributed by atoms with Crippen LogP contribution in [0.2, 0.25) is 0 Å². The van der Waals surface area contributed by atoms with Crippen molar-refractivity contribution in [1.82, 2.24) is 4.98 Å². The smallest absolute Gasteiger partial charge is 0.150 e. The molecule has 3 nitrogen and oxygen atoms in total. The lowest BCUT2D eigenvalue weighted by Crippen LogP contribution is -2.01. The second-order valence-corrected chi connectivity index (χ2v) is 4.44. The average molecular weight is 242 g/mol. The molecule has 1 heterocycles. The summed E-state index contributed by atoms with van der Waals surface area (Å²) in [6.45, 7) is 6.63. The summed E-state index contributed by atoms with van der Waals surface area (Å²) in [6.07, 6.45) is 3.44. The van der Waals surface area contributed by atoms with Crippen molar-refractivity contribution in [3.05, 3.63) is 52.8 Å². The third kappa shape index (κ3) is 2.36. The number of aromatic nitrogens is 1. The molecule has 0 saturated carbocycles. The van der Waals surface area contributed by atoms with E-state index in [1.165, 1.54) is 5.56 Å². The summed E-state index contributed by atoms with van der Waals surface area (Å²) < 4.78 is 6.00. The fourth-order valence-corrected chi connectivity index (χ4v) is 1.86. The van der Waals surface area contributed by atoms with Gasteiger partial charge in [0.25, 0.3) is 0 Å². The molecule has 18 heavy (non-hydrogen) atoms. The normalized spacial score (nSPS) is 10.4. The zero-order valence-electron chi connectivity index (χ0n) is 11.0. The van der Waals surface area contributed by atoms with Crippen molar-refractivity contribution in [3.63, 3.8) is 0 Å². The topological polar surface area (TPSA) is 48.1 Å². The van der Waals surface area contributed by atoms with E-state index in [-0.39, 0.29) is 0 Å². The number of aryl methyl sites for hydroxylation is 2. The molecule has 2 rings (SSSR count). The number of hydrogen-bond donors (Lipinski definition) is 1. The van der Waals surface area contributed by atoms with Crippen molar-refractivity contribution in [1.29, 1.82) is 0 Å². The quantitative estimate of drug-likeness (QED) is 0.898. The number of pyridine rings is 1. The highest BCUT2D eigenvalue weighted by molar-refractivity contribution is 5.47. The number of ether oxygens (including phenoxy) is 1. The highest BCUT2D eigenvalue weighted by atomic mass is 16.5. The Morgan fingerprint density at radius 2 is 1.83 bits per heavy atom.